The zero-order valence-corrected chi connectivity index (χ0v) is 12.5. The number of aromatic amines is 1. The maximum atomic E-state index is 12.4. The highest BCUT2D eigenvalue weighted by atomic mass is 16.1. The van der Waals surface area contributed by atoms with Gasteiger partial charge in [-0.1, -0.05) is 19.8 Å². The van der Waals surface area contributed by atoms with Crippen molar-refractivity contribution in [3.05, 3.63) is 30.0 Å². The fourth-order valence-corrected chi connectivity index (χ4v) is 3.19. The molecule has 21 heavy (non-hydrogen) atoms. The highest BCUT2D eigenvalue weighted by Gasteiger charge is 2.19. The summed E-state index contributed by atoms with van der Waals surface area (Å²) < 4.78 is 0. The van der Waals surface area contributed by atoms with Gasteiger partial charge in [-0.15, -0.1) is 0 Å². The van der Waals surface area contributed by atoms with E-state index in [2.05, 4.69) is 17.2 Å². The smallest absolute Gasteiger partial charge is 0.253 e. The van der Waals surface area contributed by atoms with Crippen molar-refractivity contribution in [1.82, 2.24) is 10.3 Å². The van der Waals surface area contributed by atoms with Gasteiger partial charge in [-0.2, -0.15) is 0 Å². The molecule has 1 fully saturated rings. The van der Waals surface area contributed by atoms with Crippen LogP contribution in [0.4, 0.5) is 5.69 Å². The van der Waals surface area contributed by atoms with Crippen molar-refractivity contribution in [3.63, 3.8) is 0 Å². The maximum Gasteiger partial charge on any atom is 0.253 e. The molecule has 0 radical (unpaired) electrons. The second kappa shape index (κ2) is 5.80. The average Bonchev–Trinajstić information content (AvgIpc) is 2.89. The number of aromatic nitrogens is 1. The fraction of sp³-hybridized carbons (Fsp3) is 0.471. The highest BCUT2D eigenvalue weighted by Crippen LogP contribution is 2.28. The monoisotopic (exact) mass is 285 g/mol. The fourth-order valence-electron chi connectivity index (χ4n) is 3.19. The SMILES string of the molecule is CC1CCC(CNC(=O)c2c[nH]c3ccc(N)cc23)CC1. The Balaban J connectivity index is 1.65. The van der Waals surface area contributed by atoms with Gasteiger partial charge >= 0.3 is 0 Å². The molecule has 0 bridgehead atoms. The van der Waals surface area contributed by atoms with Crippen molar-refractivity contribution in [2.75, 3.05) is 12.3 Å². The van der Waals surface area contributed by atoms with E-state index >= 15 is 0 Å². The Labute approximate surface area is 125 Å². The third kappa shape index (κ3) is 3.04. The van der Waals surface area contributed by atoms with E-state index in [1.54, 1.807) is 6.20 Å². The first kappa shape index (κ1) is 14.0. The Morgan fingerprint density at radius 2 is 2.10 bits per heavy atom. The summed E-state index contributed by atoms with van der Waals surface area (Å²) in [6, 6.07) is 5.59. The van der Waals surface area contributed by atoms with E-state index in [4.69, 9.17) is 5.73 Å². The molecule has 2 aromatic rings. The standard InChI is InChI=1S/C17H23N3O/c1-11-2-4-12(5-3-11)9-20-17(21)15-10-19-16-7-6-13(18)8-14(15)16/h6-8,10-12,19H,2-5,9,18H2,1H3,(H,20,21). The van der Waals surface area contributed by atoms with Gasteiger partial charge in [0, 0.05) is 29.3 Å². The Kier molecular flexibility index (Phi) is 3.86. The predicted molar refractivity (Wildman–Crippen MR) is 86.2 cm³/mol. The van der Waals surface area contributed by atoms with E-state index in [0.29, 0.717) is 17.2 Å². The summed E-state index contributed by atoms with van der Waals surface area (Å²) >= 11 is 0. The van der Waals surface area contributed by atoms with E-state index in [1.807, 2.05) is 18.2 Å². The Morgan fingerprint density at radius 3 is 2.86 bits per heavy atom. The largest absolute Gasteiger partial charge is 0.399 e. The number of carbonyl (C=O) groups is 1. The summed E-state index contributed by atoms with van der Waals surface area (Å²) in [4.78, 5) is 15.5. The summed E-state index contributed by atoms with van der Waals surface area (Å²) in [5.74, 6) is 1.46. The summed E-state index contributed by atoms with van der Waals surface area (Å²) in [5, 5.41) is 3.97. The van der Waals surface area contributed by atoms with E-state index in [0.717, 1.165) is 23.4 Å². The molecule has 1 amide bonds. The summed E-state index contributed by atoms with van der Waals surface area (Å²) in [6.45, 7) is 3.09. The van der Waals surface area contributed by atoms with Crippen molar-refractivity contribution in [2.45, 2.75) is 32.6 Å². The lowest BCUT2D eigenvalue weighted by Gasteiger charge is -2.26. The van der Waals surface area contributed by atoms with Crippen molar-refractivity contribution in [2.24, 2.45) is 11.8 Å². The van der Waals surface area contributed by atoms with Crippen molar-refractivity contribution >= 4 is 22.5 Å². The van der Waals surface area contributed by atoms with Crippen LogP contribution in [0.2, 0.25) is 0 Å². The van der Waals surface area contributed by atoms with Crippen LogP contribution < -0.4 is 11.1 Å². The average molecular weight is 285 g/mol. The molecule has 4 heteroatoms. The lowest BCUT2D eigenvalue weighted by atomic mass is 9.83. The number of amides is 1. The van der Waals surface area contributed by atoms with Gasteiger partial charge in [0.15, 0.2) is 0 Å². The minimum Gasteiger partial charge on any atom is -0.399 e. The first-order chi connectivity index (χ1) is 10.1. The van der Waals surface area contributed by atoms with Gasteiger partial charge in [0.25, 0.3) is 5.91 Å². The van der Waals surface area contributed by atoms with Gasteiger partial charge in [-0.05, 0) is 42.9 Å². The molecule has 0 aliphatic heterocycles. The first-order valence-corrected chi connectivity index (χ1v) is 7.78. The van der Waals surface area contributed by atoms with Gasteiger partial charge in [0.05, 0.1) is 5.56 Å². The number of nitrogens with two attached hydrogens (primary N) is 1. The molecule has 0 atom stereocenters. The third-order valence-corrected chi connectivity index (χ3v) is 4.64. The topological polar surface area (TPSA) is 70.9 Å². The quantitative estimate of drug-likeness (QED) is 0.757. The summed E-state index contributed by atoms with van der Waals surface area (Å²) in [7, 11) is 0. The number of hydrogen-bond donors (Lipinski definition) is 3. The number of carbonyl (C=O) groups excluding carboxylic acids is 1. The van der Waals surface area contributed by atoms with E-state index in [1.165, 1.54) is 25.7 Å². The molecule has 0 spiro atoms. The molecule has 1 heterocycles. The number of hydrogen-bond acceptors (Lipinski definition) is 2. The normalized spacial score (nSPS) is 22.3. The molecular weight excluding hydrogens is 262 g/mol. The Morgan fingerprint density at radius 1 is 1.33 bits per heavy atom. The molecule has 112 valence electrons. The van der Waals surface area contributed by atoms with E-state index in [-0.39, 0.29) is 5.91 Å². The van der Waals surface area contributed by atoms with Crippen LogP contribution in [-0.4, -0.2) is 17.4 Å². The molecule has 3 rings (SSSR count). The molecular formula is C17H23N3O. The van der Waals surface area contributed by atoms with Crippen LogP contribution in [-0.2, 0) is 0 Å². The number of H-pyrrole nitrogens is 1. The number of rotatable bonds is 3. The Bertz CT molecular complexity index is 639. The lowest BCUT2D eigenvalue weighted by Crippen LogP contribution is -2.30. The molecule has 1 aliphatic rings. The van der Waals surface area contributed by atoms with Crippen molar-refractivity contribution in [1.29, 1.82) is 0 Å². The number of nitrogens with one attached hydrogen (secondary N) is 2. The van der Waals surface area contributed by atoms with Gasteiger partial charge < -0.3 is 16.0 Å². The number of nitrogen functional groups attached to an aromatic ring is 1. The Hall–Kier alpha value is -1.97. The molecule has 1 saturated carbocycles. The second-order valence-electron chi connectivity index (χ2n) is 6.34. The molecule has 0 saturated heterocycles. The van der Waals surface area contributed by atoms with Crippen LogP contribution >= 0.6 is 0 Å². The summed E-state index contributed by atoms with van der Waals surface area (Å²) in [6.07, 6.45) is 6.78. The van der Waals surface area contributed by atoms with Crippen LogP contribution in [0, 0.1) is 11.8 Å². The number of anilines is 1. The van der Waals surface area contributed by atoms with Crippen LogP contribution in [0.15, 0.2) is 24.4 Å². The van der Waals surface area contributed by atoms with Crippen molar-refractivity contribution < 1.29 is 4.79 Å². The van der Waals surface area contributed by atoms with Gasteiger partial charge in [-0.3, -0.25) is 4.79 Å². The van der Waals surface area contributed by atoms with Crippen LogP contribution in [0.25, 0.3) is 10.9 Å². The van der Waals surface area contributed by atoms with Gasteiger partial charge in [-0.25, -0.2) is 0 Å². The minimum absolute atomic E-state index is 0.00882. The zero-order valence-electron chi connectivity index (χ0n) is 12.5. The van der Waals surface area contributed by atoms with Gasteiger partial charge in [0.2, 0.25) is 0 Å². The van der Waals surface area contributed by atoms with Crippen LogP contribution in [0.5, 0.6) is 0 Å². The van der Waals surface area contributed by atoms with Crippen LogP contribution in [0.1, 0.15) is 43.0 Å². The van der Waals surface area contributed by atoms with E-state index in [9.17, 15) is 4.79 Å². The molecule has 0 unspecified atom stereocenters. The maximum absolute atomic E-state index is 12.4. The highest BCUT2D eigenvalue weighted by molar-refractivity contribution is 6.07. The summed E-state index contributed by atoms with van der Waals surface area (Å²) in [5.41, 5.74) is 8.12. The van der Waals surface area contributed by atoms with Crippen molar-refractivity contribution in [3.8, 4) is 0 Å². The molecule has 1 aromatic carbocycles. The van der Waals surface area contributed by atoms with E-state index < -0.39 is 0 Å². The first-order valence-electron chi connectivity index (χ1n) is 7.78. The predicted octanol–water partition coefficient (Wildman–Crippen LogP) is 3.31. The van der Waals surface area contributed by atoms with Gasteiger partial charge in [0.1, 0.15) is 0 Å². The molecule has 1 aromatic heterocycles. The van der Waals surface area contributed by atoms with Crippen LogP contribution in [0.3, 0.4) is 0 Å². The molecule has 1 aliphatic carbocycles. The molecule has 4 N–H and O–H groups in total. The minimum atomic E-state index is -0.00882. The third-order valence-electron chi connectivity index (χ3n) is 4.64. The number of fused-ring (bicyclic) bond motifs is 1. The molecule has 4 nitrogen and oxygen atoms in total. The lowest BCUT2D eigenvalue weighted by molar-refractivity contribution is 0.0943. The second-order valence-corrected chi connectivity index (χ2v) is 6.34. The number of benzene rings is 1. The zero-order chi connectivity index (χ0) is 14.8.